The first-order valence-electron chi connectivity index (χ1n) is 5.46. The third-order valence-electron chi connectivity index (χ3n) is 3.85. The van der Waals surface area contributed by atoms with Crippen molar-refractivity contribution in [1.82, 2.24) is 0 Å². The average Bonchev–Trinajstić information content (AvgIpc) is 2.53. The molecule has 14 heavy (non-hydrogen) atoms. The van der Waals surface area contributed by atoms with Gasteiger partial charge in [-0.3, -0.25) is 0 Å². The van der Waals surface area contributed by atoms with E-state index in [2.05, 4.69) is 27.7 Å². The number of rotatable bonds is 4. The molecule has 1 rings (SSSR count). The summed E-state index contributed by atoms with van der Waals surface area (Å²) in [5, 5.41) is 0.0923. The Hall–Kier alpha value is 0.137. The minimum absolute atomic E-state index is 0.0923. The van der Waals surface area contributed by atoms with Gasteiger partial charge in [0.2, 0.25) is 0 Å². The van der Waals surface area contributed by atoms with Crippen molar-refractivity contribution in [3.05, 3.63) is 0 Å². The van der Waals surface area contributed by atoms with Crippen LogP contribution in [-0.4, -0.2) is 24.8 Å². The Morgan fingerprint density at radius 2 is 1.79 bits per heavy atom. The minimum atomic E-state index is -2.03. The van der Waals surface area contributed by atoms with Crippen molar-refractivity contribution in [2.45, 2.75) is 70.4 Å². The summed E-state index contributed by atoms with van der Waals surface area (Å²) in [5.41, 5.74) is 0.0945. The maximum atomic E-state index is 10.1. The summed E-state index contributed by atoms with van der Waals surface area (Å²) in [6.07, 6.45) is 2.56. The molecule has 0 aliphatic carbocycles. The number of ether oxygens (including phenoxy) is 1. The highest BCUT2D eigenvalue weighted by Crippen LogP contribution is 2.45. The standard InChI is InChI=1S/C11H24O2Si/c1-10(2,14(5,6)12)8-7-9-11(3,4)13-9/h9,12H,7-8H2,1-6H3. The Labute approximate surface area is 88.8 Å². The lowest BCUT2D eigenvalue weighted by molar-refractivity contribution is 0.313. The third-order valence-corrected chi connectivity index (χ3v) is 7.41. The molecule has 0 amide bonds. The van der Waals surface area contributed by atoms with Gasteiger partial charge in [-0.1, -0.05) is 13.8 Å². The van der Waals surface area contributed by atoms with Gasteiger partial charge in [0, 0.05) is 0 Å². The summed E-state index contributed by atoms with van der Waals surface area (Å²) in [7, 11) is -2.03. The fourth-order valence-electron chi connectivity index (χ4n) is 1.54. The summed E-state index contributed by atoms with van der Waals surface area (Å²) >= 11 is 0. The first-order valence-corrected chi connectivity index (χ1v) is 8.41. The molecule has 3 heteroatoms. The largest absolute Gasteiger partial charge is 0.432 e. The van der Waals surface area contributed by atoms with E-state index in [0.717, 1.165) is 12.8 Å². The molecule has 0 bridgehead atoms. The van der Waals surface area contributed by atoms with Crippen LogP contribution in [0, 0.1) is 0 Å². The third kappa shape index (κ3) is 2.58. The highest BCUT2D eigenvalue weighted by Gasteiger charge is 2.49. The lowest BCUT2D eigenvalue weighted by Crippen LogP contribution is -2.39. The fraction of sp³-hybridized carbons (Fsp3) is 1.00. The summed E-state index contributed by atoms with van der Waals surface area (Å²) in [4.78, 5) is 10.1. The lowest BCUT2D eigenvalue weighted by Gasteiger charge is -2.35. The van der Waals surface area contributed by atoms with E-state index in [0.29, 0.717) is 6.10 Å². The van der Waals surface area contributed by atoms with Gasteiger partial charge < -0.3 is 9.53 Å². The van der Waals surface area contributed by atoms with E-state index in [9.17, 15) is 4.80 Å². The van der Waals surface area contributed by atoms with E-state index >= 15 is 0 Å². The predicted octanol–water partition coefficient (Wildman–Crippen LogP) is 2.92. The first kappa shape index (κ1) is 12.2. The molecule has 0 aromatic rings. The van der Waals surface area contributed by atoms with Crippen LogP contribution in [0.25, 0.3) is 0 Å². The van der Waals surface area contributed by atoms with Gasteiger partial charge in [-0.25, -0.2) is 0 Å². The molecular formula is C11H24O2Si. The summed E-state index contributed by atoms with van der Waals surface area (Å²) in [6.45, 7) is 12.7. The molecular weight excluding hydrogens is 192 g/mol. The molecule has 1 saturated heterocycles. The lowest BCUT2D eigenvalue weighted by atomic mass is 10.0. The second kappa shape index (κ2) is 3.32. The van der Waals surface area contributed by atoms with Crippen LogP contribution in [0.1, 0.15) is 40.5 Å². The Morgan fingerprint density at radius 3 is 2.07 bits per heavy atom. The Bertz CT molecular complexity index is 216. The second-order valence-electron chi connectivity index (χ2n) is 6.19. The second-order valence-corrected chi connectivity index (χ2v) is 10.7. The van der Waals surface area contributed by atoms with Gasteiger partial charge in [-0.2, -0.15) is 0 Å². The molecule has 0 aromatic heterocycles. The van der Waals surface area contributed by atoms with Crippen LogP contribution in [0.2, 0.25) is 18.1 Å². The Balaban J connectivity index is 2.38. The van der Waals surface area contributed by atoms with E-state index in [1.165, 1.54) is 0 Å². The first-order chi connectivity index (χ1) is 6.06. The van der Waals surface area contributed by atoms with Crippen molar-refractivity contribution in [3.63, 3.8) is 0 Å². The van der Waals surface area contributed by atoms with Crippen molar-refractivity contribution in [3.8, 4) is 0 Å². The SMILES string of the molecule is CC1(C)OC1CCC(C)(C)[Si](C)(C)O. The maximum Gasteiger partial charge on any atom is 0.188 e. The predicted molar refractivity (Wildman–Crippen MR) is 61.9 cm³/mol. The molecule has 84 valence electrons. The molecule has 2 nitrogen and oxygen atoms in total. The van der Waals surface area contributed by atoms with Gasteiger partial charge in [0.05, 0.1) is 11.7 Å². The molecule has 0 saturated carbocycles. The highest BCUT2D eigenvalue weighted by molar-refractivity contribution is 6.72. The Morgan fingerprint density at radius 1 is 1.36 bits per heavy atom. The van der Waals surface area contributed by atoms with Gasteiger partial charge in [0.15, 0.2) is 8.32 Å². The average molecular weight is 216 g/mol. The van der Waals surface area contributed by atoms with Gasteiger partial charge in [0.1, 0.15) is 0 Å². The van der Waals surface area contributed by atoms with Crippen molar-refractivity contribution in [2.24, 2.45) is 0 Å². The van der Waals surface area contributed by atoms with Gasteiger partial charge in [-0.15, -0.1) is 0 Å². The number of hydrogen-bond acceptors (Lipinski definition) is 2. The van der Waals surface area contributed by atoms with Crippen LogP contribution in [0.5, 0.6) is 0 Å². The van der Waals surface area contributed by atoms with Crippen molar-refractivity contribution >= 4 is 8.32 Å². The molecule has 1 fully saturated rings. The maximum absolute atomic E-state index is 10.1. The van der Waals surface area contributed by atoms with Crippen LogP contribution >= 0.6 is 0 Å². The van der Waals surface area contributed by atoms with Crippen LogP contribution in [-0.2, 0) is 4.74 Å². The van der Waals surface area contributed by atoms with Crippen molar-refractivity contribution in [2.75, 3.05) is 0 Å². The van der Waals surface area contributed by atoms with Crippen LogP contribution in [0.3, 0.4) is 0 Å². The Kier molecular flexibility index (Phi) is 2.90. The smallest absolute Gasteiger partial charge is 0.188 e. The summed E-state index contributed by atoms with van der Waals surface area (Å²) in [5.74, 6) is 0. The van der Waals surface area contributed by atoms with Crippen LogP contribution in [0.4, 0.5) is 0 Å². The van der Waals surface area contributed by atoms with Gasteiger partial charge >= 0.3 is 0 Å². The molecule has 1 atom stereocenters. The zero-order chi connectivity index (χ0) is 11.2. The van der Waals surface area contributed by atoms with Crippen LogP contribution < -0.4 is 0 Å². The molecule has 0 aromatic carbocycles. The van der Waals surface area contributed by atoms with E-state index in [1.807, 2.05) is 13.1 Å². The molecule has 1 heterocycles. The molecule has 1 N–H and O–H groups in total. The summed E-state index contributed by atoms with van der Waals surface area (Å²) in [6, 6.07) is 0. The van der Waals surface area contributed by atoms with Gasteiger partial charge in [-0.05, 0) is 44.8 Å². The van der Waals surface area contributed by atoms with Crippen molar-refractivity contribution in [1.29, 1.82) is 0 Å². The quantitative estimate of drug-likeness (QED) is 0.579. The number of hydrogen-bond donors (Lipinski definition) is 1. The molecule has 1 aliphatic rings. The van der Waals surface area contributed by atoms with E-state index in [-0.39, 0.29) is 10.6 Å². The van der Waals surface area contributed by atoms with E-state index in [1.54, 1.807) is 0 Å². The monoisotopic (exact) mass is 216 g/mol. The molecule has 1 unspecified atom stereocenters. The molecule has 0 radical (unpaired) electrons. The normalized spacial score (nSPS) is 26.4. The summed E-state index contributed by atoms with van der Waals surface area (Å²) < 4.78 is 5.55. The molecule has 1 aliphatic heterocycles. The van der Waals surface area contributed by atoms with Crippen LogP contribution in [0.15, 0.2) is 0 Å². The van der Waals surface area contributed by atoms with Crippen molar-refractivity contribution < 1.29 is 9.53 Å². The van der Waals surface area contributed by atoms with E-state index < -0.39 is 8.32 Å². The zero-order valence-electron chi connectivity index (χ0n) is 10.3. The highest BCUT2D eigenvalue weighted by atomic mass is 28.4. The van der Waals surface area contributed by atoms with E-state index in [4.69, 9.17) is 4.74 Å². The van der Waals surface area contributed by atoms with Gasteiger partial charge in [0.25, 0.3) is 0 Å². The molecule has 0 spiro atoms. The minimum Gasteiger partial charge on any atom is -0.432 e. The number of epoxide rings is 1. The fourth-order valence-corrected chi connectivity index (χ4v) is 2.29. The zero-order valence-corrected chi connectivity index (χ0v) is 11.3. The topological polar surface area (TPSA) is 32.8 Å².